The van der Waals surface area contributed by atoms with Crippen molar-refractivity contribution < 1.29 is 0 Å². The van der Waals surface area contributed by atoms with E-state index in [0.717, 1.165) is 31.7 Å². The summed E-state index contributed by atoms with van der Waals surface area (Å²) in [6.45, 7) is 3.93. The Hall–Kier alpha value is -1.61. The number of hydrogen-bond donors (Lipinski definition) is 0. The zero-order valence-corrected chi connectivity index (χ0v) is 9.13. The molecule has 1 fully saturated rings. The highest BCUT2D eigenvalue weighted by Gasteiger charge is 2.13. The molecule has 0 unspecified atom stereocenters. The lowest BCUT2D eigenvalue weighted by molar-refractivity contribution is 0.580. The number of rotatable bonds is 1. The Labute approximate surface area is 95.1 Å². The predicted octanol–water partition coefficient (Wildman–Crippen LogP) is 1.66. The van der Waals surface area contributed by atoms with Crippen molar-refractivity contribution in [2.24, 2.45) is 0 Å². The number of para-hydroxylation sites is 1. The van der Waals surface area contributed by atoms with Crippen LogP contribution in [0.15, 0.2) is 36.5 Å². The molecule has 0 saturated carbocycles. The molecule has 0 amide bonds. The Morgan fingerprint density at radius 1 is 1.00 bits per heavy atom. The average Bonchev–Trinajstić information content (AvgIpc) is 2.39. The van der Waals surface area contributed by atoms with Gasteiger partial charge in [0.2, 0.25) is 0 Å². The van der Waals surface area contributed by atoms with Crippen molar-refractivity contribution in [3.63, 3.8) is 0 Å². The van der Waals surface area contributed by atoms with Gasteiger partial charge in [-0.05, 0) is 12.1 Å². The molecule has 1 aliphatic heterocycles. The molecule has 1 aromatic carbocycles. The number of fused-ring (bicyclic) bond motifs is 1. The zero-order chi connectivity index (χ0) is 10.8. The van der Waals surface area contributed by atoms with Gasteiger partial charge in [0, 0.05) is 43.4 Å². The Bertz CT molecular complexity index is 484. The number of piperazine rings is 1. The SMILES string of the molecule is c1ccc2c(N3CC[N]CC3)ccnc2c1. The number of anilines is 1. The van der Waals surface area contributed by atoms with Crippen LogP contribution < -0.4 is 10.2 Å². The third-order valence-electron chi connectivity index (χ3n) is 3.02. The first kappa shape index (κ1) is 9.60. The summed E-state index contributed by atoms with van der Waals surface area (Å²) < 4.78 is 0. The maximum absolute atomic E-state index is 4.39. The largest absolute Gasteiger partial charge is 0.368 e. The second-order valence-corrected chi connectivity index (χ2v) is 4.01. The van der Waals surface area contributed by atoms with E-state index in [4.69, 9.17) is 0 Å². The topological polar surface area (TPSA) is 30.2 Å². The van der Waals surface area contributed by atoms with Crippen LogP contribution in [0, 0.1) is 0 Å². The first-order valence-corrected chi connectivity index (χ1v) is 5.67. The zero-order valence-electron chi connectivity index (χ0n) is 9.13. The molecule has 1 saturated heterocycles. The molecular weight excluding hydrogens is 198 g/mol. The van der Waals surface area contributed by atoms with Gasteiger partial charge in [0.1, 0.15) is 0 Å². The fraction of sp³-hybridized carbons (Fsp3) is 0.308. The molecule has 2 heterocycles. The van der Waals surface area contributed by atoms with E-state index < -0.39 is 0 Å². The van der Waals surface area contributed by atoms with E-state index in [1.807, 2.05) is 12.3 Å². The first-order valence-electron chi connectivity index (χ1n) is 5.67. The standard InChI is InChI=1S/C13H14N3/c1-2-4-12-11(3-1)13(5-6-15-12)16-9-7-14-8-10-16/h1-6H,7-10H2. The average molecular weight is 212 g/mol. The minimum atomic E-state index is 0.941. The van der Waals surface area contributed by atoms with E-state index in [1.54, 1.807) is 0 Å². The first-order chi connectivity index (χ1) is 7.95. The molecule has 0 bridgehead atoms. The van der Waals surface area contributed by atoms with Crippen LogP contribution in [-0.2, 0) is 0 Å². The van der Waals surface area contributed by atoms with Gasteiger partial charge in [-0.1, -0.05) is 18.2 Å². The number of pyridine rings is 1. The van der Waals surface area contributed by atoms with E-state index in [1.165, 1.54) is 11.1 Å². The van der Waals surface area contributed by atoms with Gasteiger partial charge in [-0.2, -0.15) is 0 Å². The van der Waals surface area contributed by atoms with Crippen LogP contribution in [0.4, 0.5) is 5.69 Å². The highest BCUT2D eigenvalue weighted by molar-refractivity contribution is 5.91. The van der Waals surface area contributed by atoms with Crippen molar-refractivity contribution in [2.75, 3.05) is 31.1 Å². The van der Waals surface area contributed by atoms with Crippen LogP contribution in [-0.4, -0.2) is 31.2 Å². The smallest absolute Gasteiger partial charge is 0.0722 e. The normalized spacial score (nSPS) is 16.6. The lowest BCUT2D eigenvalue weighted by Crippen LogP contribution is -2.40. The highest BCUT2D eigenvalue weighted by Crippen LogP contribution is 2.25. The van der Waals surface area contributed by atoms with Crippen LogP contribution in [0.2, 0.25) is 0 Å². The Morgan fingerprint density at radius 3 is 2.69 bits per heavy atom. The van der Waals surface area contributed by atoms with Crippen molar-refractivity contribution in [3.05, 3.63) is 36.5 Å². The maximum Gasteiger partial charge on any atom is 0.0722 e. The third kappa shape index (κ3) is 1.63. The molecule has 0 aliphatic carbocycles. The summed E-state index contributed by atoms with van der Waals surface area (Å²) in [6.07, 6.45) is 1.89. The van der Waals surface area contributed by atoms with Gasteiger partial charge in [-0.25, -0.2) is 5.32 Å². The van der Waals surface area contributed by atoms with Gasteiger partial charge >= 0.3 is 0 Å². The Morgan fingerprint density at radius 2 is 1.81 bits per heavy atom. The summed E-state index contributed by atoms with van der Waals surface area (Å²) in [5, 5.41) is 5.62. The number of aromatic nitrogens is 1. The molecule has 81 valence electrons. The summed E-state index contributed by atoms with van der Waals surface area (Å²) in [5.41, 5.74) is 2.36. The van der Waals surface area contributed by atoms with Crippen LogP contribution >= 0.6 is 0 Å². The molecular formula is C13H14N3. The summed E-state index contributed by atoms with van der Waals surface area (Å²) in [7, 11) is 0. The van der Waals surface area contributed by atoms with E-state index in [0.29, 0.717) is 0 Å². The van der Waals surface area contributed by atoms with Crippen molar-refractivity contribution in [3.8, 4) is 0 Å². The minimum Gasteiger partial charge on any atom is -0.368 e. The van der Waals surface area contributed by atoms with Crippen LogP contribution in [0.3, 0.4) is 0 Å². The fourth-order valence-electron chi connectivity index (χ4n) is 2.20. The third-order valence-corrected chi connectivity index (χ3v) is 3.02. The second-order valence-electron chi connectivity index (χ2n) is 4.01. The van der Waals surface area contributed by atoms with Crippen molar-refractivity contribution in [1.29, 1.82) is 0 Å². The number of benzene rings is 1. The Balaban J connectivity index is 2.08. The van der Waals surface area contributed by atoms with Crippen LogP contribution in [0.1, 0.15) is 0 Å². The van der Waals surface area contributed by atoms with Gasteiger partial charge in [-0.3, -0.25) is 4.98 Å². The van der Waals surface area contributed by atoms with Crippen molar-refractivity contribution >= 4 is 16.6 Å². The van der Waals surface area contributed by atoms with Gasteiger partial charge < -0.3 is 4.90 Å². The summed E-state index contributed by atoms with van der Waals surface area (Å²) >= 11 is 0. The number of hydrogen-bond acceptors (Lipinski definition) is 2. The highest BCUT2D eigenvalue weighted by atomic mass is 15.2. The lowest BCUT2D eigenvalue weighted by atomic mass is 10.1. The maximum atomic E-state index is 4.39. The minimum absolute atomic E-state index is 0.941. The molecule has 2 aromatic rings. The van der Waals surface area contributed by atoms with E-state index in [-0.39, 0.29) is 0 Å². The summed E-state index contributed by atoms with van der Waals surface area (Å²) in [6, 6.07) is 10.4. The van der Waals surface area contributed by atoms with Crippen molar-refractivity contribution in [2.45, 2.75) is 0 Å². The van der Waals surface area contributed by atoms with E-state index in [9.17, 15) is 0 Å². The summed E-state index contributed by atoms with van der Waals surface area (Å²) in [4.78, 5) is 6.79. The molecule has 0 spiro atoms. The van der Waals surface area contributed by atoms with Gasteiger partial charge in [0.05, 0.1) is 5.52 Å². The monoisotopic (exact) mass is 212 g/mol. The fourth-order valence-corrected chi connectivity index (χ4v) is 2.20. The quantitative estimate of drug-likeness (QED) is 0.719. The molecule has 1 aromatic heterocycles. The Kier molecular flexibility index (Phi) is 2.46. The van der Waals surface area contributed by atoms with Crippen molar-refractivity contribution in [1.82, 2.24) is 10.3 Å². The van der Waals surface area contributed by atoms with E-state index >= 15 is 0 Å². The second kappa shape index (κ2) is 4.10. The van der Waals surface area contributed by atoms with Gasteiger partial charge in [0.25, 0.3) is 0 Å². The van der Waals surface area contributed by atoms with E-state index in [2.05, 4.69) is 39.5 Å². The molecule has 1 radical (unpaired) electrons. The van der Waals surface area contributed by atoms with Crippen LogP contribution in [0.25, 0.3) is 10.9 Å². The molecule has 1 aliphatic rings. The lowest BCUT2D eigenvalue weighted by Gasteiger charge is -2.29. The summed E-state index contributed by atoms with van der Waals surface area (Å²) in [5.74, 6) is 0. The molecule has 16 heavy (non-hydrogen) atoms. The van der Waals surface area contributed by atoms with Gasteiger partial charge in [0.15, 0.2) is 0 Å². The predicted molar refractivity (Wildman–Crippen MR) is 65.8 cm³/mol. The molecule has 3 rings (SSSR count). The van der Waals surface area contributed by atoms with Crippen LogP contribution in [0.5, 0.6) is 0 Å². The molecule has 3 nitrogen and oxygen atoms in total. The molecule has 0 N–H and O–H groups in total. The van der Waals surface area contributed by atoms with Gasteiger partial charge in [-0.15, -0.1) is 0 Å². The molecule has 0 atom stereocenters. The molecule has 3 heteroatoms. The number of nitrogens with zero attached hydrogens (tertiary/aromatic N) is 3.